The van der Waals surface area contributed by atoms with Crippen molar-refractivity contribution in [2.24, 2.45) is 0 Å². The second kappa shape index (κ2) is 5.89. The van der Waals surface area contributed by atoms with E-state index in [1.165, 1.54) is 23.1 Å². The predicted molar refractivity (Wildman–Crippen MR) is 79.2 cm³/mol. The average molecular weight is 334 g/mol. The molecule has 0 aliphatic rings. The average Bonchev–Trinajstić information content (AvgIpc) is 3.16. The molecule has 0 saturated heterocycles. The maximum absolute atomic E-state index is 12.4. The van der Waals surface area contributed by atoms with Crippen LogP contribution in [0.4, 0.5) is 0 Å². The molecule has 23 heavy (non-hydrogen) atoms. The van der Waals surface area contributed by atoms with E-state index >= 15 is 0 Å². The number of aryl methyl sites for hydroxylation is 2. The molecule has 9 nitrogen and oxygen atoms in total. The van der Waals surface area contributed by atoms with Gasteiger partial charge in [0.2, 0.25) is 15.9 Å². The van der Waals surface area contributed by atoms with Crippen LogP contribution < -0.4 is 4.72 Å². The normalized spacial score (nSPS) is 11.7. The molecule has 0 atom stereocenters. The molecule has 0 spiro atoms. The van der Waals surface area contributed by atoms with E-state index in [0.717, 1.165) is 5.69 Å². The fraction of sp³-hybridized carbons (Fsp3) is 0.231. The van der Waals surface area contributed by atoms with E-state index in [9.17, 15) is 8.42 Å². The van der Waals surface area contributed by atoms with E-state index in [4.69, 9.17) is 4.42 Å². The van der Waals surface area contributed by atoms with Crippen molar-refractivity contribution >= 4 is 10.0 Å². The quantitative estimate of drug-likeness (QED) is 0.731. The van der Waals surface area contributed by atoms with Crippen LogP contribution in [0.5, 0.6) is 0 Å². The Labute approximate surface area is 132 Å². The standard InChI is InChI=1S/C13H14N6O3S/c1-9-10(2)22-13(16-9)7-15-23(20,21)12-5-3-4-11(6-12)19-8-14-17-18-19/h3-6,8,15H,7H2,1-2H3. The summed E-state index contributed by atoms with van der Waals surface area (Å²) in [6, 6.07) is 6.29. The number of aromatic nitrogens is 5. The smallest absolute Gasteiger partial charge is 0.241 e. The molecule has 0 aliphatic carbocycles. The van der Waals surface area contributed by atoms with Crippen LogP contribution in [0.25, 0.3) is 5.69 Å². The van der Waals surface area contributed by atoms with E-state index in [1.54, 1.807) is 26.0 Å². The maximum Gasteiger partial charge on any atom is 0.241 e. The molecule has 0 fully saturated rings. The third kappa shape index (κ3) is 3.27. The van der Waals surface area contributed by atoms with E-state index < -0.39 is 10.0 Å². The first-order valence-corrected chi connectivity index (χ1v) is 8.20. The van der Waals surface area contributed by atoms with Crippen molar-refractivity contribution in [3.63, 3.8) is 0 Å². The Balaban J connectivity index is 1.81. The Morgan fingerprint density at radius 2 is 2.13 bits per heavy atom. The molecule has 120 valence electrons. The first-order valence-electron chi connectivity index (χ1n) is 6.72. The number of tetrazole rings is 1. The number of hydrogen-bond acceptors (Lipinski definition) is 7. The van der Waals surface area contributed by atoms with Crippen LogP contribution in [0.15, 0.2) is 39.9 Å². The Bertz CT molecular complexity index is 898. The lowest BCUT2D eigenvalue weighted by molar-refractivity contribution is 0.463. The van der Waals surface area contributed by atoms with Crippen LogP contribution in [0, 0.1) is 13.8 Å². The zero-order valence-electron chi connectivity index (χ0n) is 12.5. The minimum absolute atomic E-state index is 0.0217. The molecule has 2 heterocycles. The molecule has 10 heteroatoms. The second-order valence-corrected chi connectivity index (χ2v) is 6.59. The number of hydrogen-bond donors (Lipinski definition) is 1. The molecule has 2 aromatic heterocycles. The van der Waals surface area contributed by atoms with E-state index in [0.29, 0.717) is 17.3 Å². The van der Waals surface area contributed by atoms with Crippen LogP contribution in [-0.4, -0.2) is 33.6 Å². The van der Waals surface area contributed by atoms with Gasteiger partial charge in [0.25, 0.3) is 0 Å². The van der Waals surface area contributed by atoms with E-state index in [1.807, 2.05) is 0 Å². The highest BCUT2D eigenvalue weighted by atomic mass is 32.2. The van der Waals surface area contributed by atoms with Gasteiger partial charge in [0.15, 0.2) is 0 Å². The Kier molecular flexibility index (Phi) is 3.92. The molecular weight excluding hydrogens is 320 g/mol. The largest absolute Gasteiger partial charge is 0.444 e. The van der Waals surface area contributed by atoms with Gasteiger partial charge in [-0.15, -0.1) is 5.10 Å². The van der Waals surface area contributed by atoms with Gasteiger partial charge in [-0.3, -0.25) is 0 Å². The molecule has 1 N–H and O–H groups in total. The fourth-order valence-electron chi connectivity index (χ4n) is 1.93. The van der Waals surface area contributed by atoms with Gasteiger partial charge in [-0.25, -0.2) is 22.8 Å². The van der Waals surface area contributed by atoms with Gasteiger partial charge in [0, 0.05) is 0 Å². The molecule has 0 amide bonds. The van der Waals surface area contributed by atoms with E-state index in [-0.39, 0.29) is 11.4 Å². The SMILES string of the molecule is Cc1nc(CNS(=O)(=O)c2cccc(-n3cnnn3)c2)oc1C. The maximum atomic E-state index is 12.4. The summed E-state index contributed by atoms with van der Waals surface area (Å²) >= 11 is 0. The monoisotopic (exact) mass is 334 g/mol. The van der Waals surface area contributed by atoms with Crippen LogP contribution >= 0.6 is 0 Å². The first kappa shape index (κ1) is 15.3. The molecule has 0 unspecified atom stereocenters. The van der Waals surface area contributed by atoms with Crippen molar-refractivity contribution in [3.8, 4) is 5.69 Å². The highest BCUT2D eigenvalue weighted by Gasteiger charge is 2.16. The zero-order valence-corrected chi connectivity index (χ0v) is 13.3. The summed E-state index contributed by atoms with van der Waals surface area (Å²) in [5, 5.41) is 10.8. The van der Waals surface area contributed by atoms with Crippen molar-refractivity contribution in [3.05, 3.63) is 47.9 Å². The summed E-state index contributed by atoms with van der Waals surface area (Å²) in [6.07, 6.45) is 1.39. The summed E-state index contributed by atoms with van der Waals surface area (Å²) in [5.74, 6) is 0.986. The fourth-order valence-corrected chi connectivity index (χ4v) is 2.94. The predicted octanol–water partition coefficient (Wildman–Crippen LogP) is 0.746. The van der Waals surface area contributed by atoms with Gasteiger partial charge in [0.05, 0.1) is 22.8 Å². The van der Waals surface area contributed by atoms with Crippen LogP contribution in [-0.2, 0) is 16.6 Å². The number of rotatable bonds is 5. The number of sulfonamides is 1. The lowest BCUT2D eigenvalue weighted by Gasteiger charge is -2.06. The van der Waals surface area contributed by atoms with Gasteiger partial charge in [-0.2, -0.15) is 0 Å². The third-order valence-corrected chi connectivity index (χ3v) is 4.63. The minimum atomic E-state index is -3.71. The number of nitrogens with zero attached hydrogens (tertiary/aromatic N) is 5. The van der Waals surface area contributed by atoms with Crippen molar-refractivity contribution in [2.45, 2.75) is 25.3 Å². The molecule has 0 radical (unpaired) electrons. The Morgan fingerprint density at radius 1 is 1.30 bits per heavy atom. The molecule has 3 aromatic rings. The van der Waals surface area contributed by atoms with Crippen LogP contribution in [0.1, 0.15) is 17.3 Å². The number of nitrogens with one attached hydrogen (secondary N) is 1. The summed E-state index contributed by atoms with van der Waals surface area (Å²) in [7, 11) is -3.71. The Hall–Kier alpha value is -2.59. The molecule has 3 rings (SSSR count). The first-order chi connectivity index (χ1) is 11.0. The van der Waals surface area contributed by atoms with Crippen molar-refractivity contribution in [1.82, 2.24) is 29.9 Å². The van der Waals surface area contributed by atoms with Crippen molar-refractivity contribution in [2.75, 3.05) is 0 Å². The third-order valence-electron chi connectivity index (χ3n) is 3.23. The summed E-state index contributed by atoms with van der Waals surface area (Å²) in [4.78, 5) is 4.24. The molecule has 0 aliphatic heterocycles. The molecule has 1 aromatic carbocycles. The Morgan fingerprint density at radius 3 is 2.78 bits per heavy atom. The lowest BCUT2D eigenvalue weighted by atomic mass is 10.3. The van der Waals surface area contributed by atoms with Crippen LogP contribution in [0.3, 0.4) is 0 Å². The summed E-state index contributed by atoms with van der Waals surface area (Å²) in [5.41, 5.74) is 1.28. The van der Waals surface area contributed by atoms with Crippen molar-refractivity contribution in [1.29, 1.82) is 0 Å². The van der Waals surface area contributed by atoms with Gasteiger partial charge < -0.3 is 4.42 Å². The molecule has 0 saturated carbocycles. The number of oxazole rings is 1. The van der Waals surface area contributed by atoms with Crippen LogP contribution in [0.2, 0.25) is 0 Å². The highest BCUT2D eigenvalue weighted by Crippen LogP contribution is 2.15. The summed E-state index contributed by atoms with van der Waals surface area (Å²) in [6.45, 7) is 3.55. The molecular formula is C13H14N6O3S. The van der Waals surface area contributed by atoms with Gasteiger partial charge >= 0.3 is 0 Å². The second-order valence-electron chi connectivity index (χ2n) is 4.83. The van der Waals surface area contributed by atoms with Gasteiger partial charge in [-0.05, 0) is 42.5 Å². The highest BCUT2D eigenvalue weighted by molar-refractivity contribution is 7.89. The minimum Gasteiger partial charge on any atom is -0.444 e. The van der Waals surface area contributed by atoms with E-state index in [2.05, 4.69) is 25.2 Å². The summed E-state index contributed by atoms with van der Waals surface area (Å²) < 4.78 is 33.9. The lowest BCUT2D eigenvalue weighted by Crippen LogP contribution is -2.23. The topological polar surface area (TPSA) is 116 Å². The molecule has 0 bridgehead atoms. The van der Waals surface area contributed by atoms with Crippen molar-refractivity contribution < 1.29 is 12.8 Å². The number of benzene rings is 1. The zero-order chi connectivity index (χ0) is 16.4. The van der Waals surface area contributed by atoms with Gasteiger partial charge in [-0.1, -0.05) is 6.07 Å². The van der Waals surface area contributed by atoms with Gasteiger partial charge in [0.1, 0.15) is 12.1 Å².